The molecule has 2 unspecified atom stereocenters. The van der Waals surface area contributed by atoms with Gasteiger partial charge in [-0.1, -0.05) is 36.4 Å². The smallest absolute Gasteiger partial charge is 0.212 e. The Morgan fingerprint density at radius 3 is 1.54 bits per heavy atom. The van der Waals surface area contributed by atoms with Crippen LogP contribution in [0.3, 0.4) is 0 Å². The van der Waals surface area contributed by atoms with E-state index in [1.165, 1.54) is 39.5 Å². The highest BCUT2D eigenvalue weighted by Gasteiger charge is 2.48. The zero-order valence-electron chi connectivity index (χ0n) is 41.8. The second-order valence-corrected chi connectivity index (χ2v) is 19.2. The van der Waals surface area contributed by atoms with Crippen LogP contribution in [-0.2, 0) is 10.8 Å². The van der Waals surface area contributed by atoms with Crippen LogP contribution in [0.25, 0.3) is 0 Å². The van der Waals surface area contributed by atoms with E-state index in [0.29, 0.717) is 0 Å². The number of para-hydroxylation sites is 2. The van der Waals surface area contributed by atoms with E-state index in [1.807, 2.05) is 48.4 Å². The summed E-state index contributed by atoms with van der Waals surface area (Å²) in [6, 6.07) is 51.5. The van der Waals surface area contributed by atoms with Crippen molar-refractivity contribution in [3.05, 3.63) is 157 Å². The third-order valence-electron chi connectivity index (χ3n) is 14.4. The number of hydrogen-bond donors (Lipinski definition) is 1. The minimum Gasteiger partial charge on any atom is -0.497 e. The van der Waals surface area contributed by atoms with Gasteiger partial charge < -0.3 is 19.3 Å². The highest BCUT2D eigenvalue weighted by molar-refractivity contribution is 6.33. The van der Waals surface area contributed by atoms with E-state index >= 15 is 0 Å². The highest BCUT2D eigenvalue weighted by Crippen LogP contribution is 2.40. The summed E-state index contributed by atoms with van der Waals surface area (Å²) in [6.45, 7) is 11.4. The molecule has 0 aromatic heterocycles. The molecule has 352 valence electrons. The van der Waals surface area contributed by atoms with Crippen molar-refractivity contribution in [3.8, 4) is 11.5 Å². The van der Waals surface area contributed by atoms with Gasteiger partial charge in [-0.25, -0.2) is 0 Å². The third-order valence-corrected chi connectivity index (χ3v) is 14.4. The predicted molar refractivity (Wildman–Crippen MR) is 285 cm³/mol. The minimum atomic E-state index is -0.173. The number of nitrogens with one attached hydrogen (secondary N) is 1. The number of hydrogen-bond acceptors (Lipinski definition) is 8. The number of unbranched alkanes of at least 4 members (excludes halogenated alkanes) is 3. The molecule has 2 aliphatic heterocycles. The van der Waals surface area contributed by atoms with E-state index < -0.39 is 0 Å². The summed E-state index contributed by atoms with van der Waals surface area (Å²) in [5.41, 5.74) is 12.9. The van der Waals surface area contributed by atoms with Crippen LogP contribution in [0.15, 0.2) is 156 Å². The quantitative estimate of drug-likeness (QED) is 0.0378. The molecule has 0 amide bonds. The number of ether oxygens (including phenoxy) is 2. The molecule has 6 aromatic rings. The molecule has 0 saturated heterocycles. The van der Waals surface area contributed by atoms with Gasteiger partial charge in [0.15, 0.2) is 0 Å². The number of fused-ring (bicyclic) bond motifs is 2. The largest absolute Gasteiger partial charge is 0.497 e. The molecule has 0 aliphatic carbocycles. The zero-order valence-corrected chi connectivity index (χ0v) is 41.8. The molecule has 2 aliphatic rings. The van der Waals surface area contributed by atoms with E-state index in [2.05, 4.69) is 190 Å². The van der Waals surface area contributed by atoms with Crippen LogP contribution in [0, 0.1) is 0 Å². The Kier molecular flexibility index (Phi) is 14.4. The molecule has 0 bridgehead atoms. The molecule has 0 spiro atoms. The average Bonchev–Trinajstić information content (AvgIpc) is 3.73. The Morgan fingerprint density at radius 1 is 0.544 bits per heavy atom. The Bertz CT molecular complexity index is 2730. The first kappa shape index (κ1) is 47.6. The lowest BCUT2D eigenvalue weighted by molar-refractivity contribution is -0.845. The first-order valence-corrected chi connectivity index (χ1v) is 24.0. The second-order valence-electron chi connectivity index (χ2n) is 19.2. The molecule has 10 nitrogen and oxygen atoms in total. The van der Waals surface area contributed by atoms with Gasteiger partial charge in [-0.05, 0) is 150 Å². The number of anilines is 6. The lowest BCUT2D eigenvalue weighted by Gasteiger charge is -2.27. The van der Waals surface area contributed by atoms with Gasteiger partial charge in [0.1, 0.15) is 36.0 Å². The van der Waals surface area contributed by atoms with E-state index in [9.17, 15) is 0 Å². The summed E-state index contributed by atoms with van der Waals surface area (Å²) in [6.07, 6.45) is 8.86. The number of hydrazone groups is 2. The van der Waals surface area contributed by atoms with Crippen molar-refractivity contribution in [1.29, 1.82) is 0 Å². The van der Waals surface area contributed by atoms with Crippen molar-refractivity contribution in [2.75, 3.05) is 75.3 Å². The summed E-state index contributed by atoms with van der Waals surface area (Å²) in [5, 5.41) is 14.1. The Morgan fingerprint density at radius 2 is 1.00 bits per heavy atom. The van der Waals surface area contributed by atoms with E-state index in [1.54, 1.807) is 14.2 Å². The standard InChI is InChI=1S/C58H69N8O2/c1-57(2)51-19-13-15-21-53(51)65(55(57)41-59-63(7)47-27-23-43(24-28-47)61(5)45-31-35-49(67-9)36-32-45)39-17-11-12-18-40-66-54-22-16-14-20-52(54)58(3,4)56(66)42-60-64(8)48-29-25-44(26-30-48)62(6)46-33-37-50(68-10)38-34-46/h13-16,19-38,41-42,55H,11-12,17-18,39-40H2,1-10H3/q+1/p+1/b59-41+. The molecule has 1 N–H and O–H groups in total. The summed E-state index contributed by atoms with van der Waals surface area (Å²) in [5.74, 6) is 1.70. The molecule has 6 aromatic carbocycles. The van der Waals surface area contributed by atoms with Crippen LogP contribution in [0.1, 0.15) is 64.5 Å². The fourth-order valence-electron chi connectivity index (χ4n) is 10.1. The Balaban J connectivity index is 0.897. The number of methoxy groups -OCH3 is 2. The predicted octanol–water partition coefficient (Wildman–Crippen LogP) is 11.3. The number of rotatable bonds is 19. The van der Waals surface area contributed by atoms with E-state index in [-0.39, 0.29) is 16.9 Å². The maximum absolute atomic E-state index is 5.35. The van der Waals surface area contributed by atoms with Gasteiger partial charge in [-0.15, -0.1) is 0 Å². The van der Waals surface area contributed by atoms with Gasteiger partial charge >= 0.3 is 0 Å². The molecule has 2 atom stereocenters. The van der Waals surface area contributed by atoms with E-state index in [4.69, 9.17) is 19.7 Å². The number of quaternary nitrogens is 1. The molecule has 2 heterocycles. The number of nitrogens with zero attached hydrogens (tertiary/aromatic N) is 7. The summed E-state index contributed by atoms with van der Waals surface area (Å²) >= 11 is 0. The number of benzene rings is 6. The normalized spacial score (nSPS) is 16.8. The fraction of sp³-hybridized carbons (Fsp3) is 0.328. The van der Waals surface area contributed by atoms with Crippen molar-refractivity contribution in [1.82, 2.24) is 0 Å². The van der Waals surface area contributed by atoms with Crippen molar-refractivity contribution >= 4 is 63.6 Å². The van der Waals surface area contributed by atoms with Crippen LogP contribution in [0.2, 0.25) is 0 Å². The lowest BCUT2D eigenvalue weighted by atomic mass is 9.81. The second kappa shape index (κ2) is 20.5. The van der Waals surface area contributed by atoms with Crippen molar-refractivity contribution in [2.45, 2.75) is 70.3 Å². The molecule has 8 rings (SSSR count). The zero-order chi connectivity index (χ0) is 48.0. The molecule has 0 radical (unpaired) electrons. The van der Waals surface area contributed by atoms with Crippen molar-refractivity contribution < 1.29 is 18.9 Å². The Hall–Kier alpha value is -6.91. The Labute approximate surface area is 405 Å². The van der Waals surface area contributed by atoms with Gasteiger partial charge in [-0.2, -0.15) is 14.8 Å². The third kappa shape index (κ3) is 9.88. The summed E-state index contributed by atoms with van der Waals surface area (Å²) in [7, 11) is 11.6. The van der Waals surface area contributed by atoms with Gasteiger partial charge in [-0.3, -0.25) is 14.9 Å². The maximum atomic E-state index is 5.35. The SMILES string of the molecule is COc1ccc(N(C)c2ccc(N(C)/N=C/C3=[N+](CCCCCC[NH+]4c5ccccc5C(C)(C)C4/C=N/N(C)c4ccc(N(C)c5ccc(OC)cc5)cc4)c4ccccc4C3(C)C)cc2)cc1. The summed E-state index contributed by atoms with van der Waals surface area (Å²) < 4.78 is 13.2. The van der Waals surface area contributed by atoms with Crippen LogP contribution in [-0.4, -0.2) is 84.3 Å². The van der Waals surface area contributed by atoms with Crippen molar-refractivity contribution in [2.24, 2.45) is 10.2 Å². The first-order chi connectivity index (χ1) is 32.8. The molecular weight excluding hydrogens is 841 g/mol. The maximum Gasteiger partial charge on any atom is 0.212 e. The van der Waals surface area contributed by atoms with Crippen LogP contribution in [0.4, 0.5) is 45.5 Å². The molecule has 0 fully saturated rings. The minimum absolute atomic E-state index is 0.0585. The van der Waals surface area contributed by atoms with Gasteiger partial charge in [0, 0.05) is 74.6 Å². The van der Waals surface area contributed by atoms with Gasteiger partial charge in [0.2, 0.25) is 11.4 Å². The van der Waals surface area contributed by atoms with Crippen LogP contribution in [0.5, 0.6) is 11.5 Å². The van der Waals surface area contributed by atoms with Gasteiger partial charge in [0.05, 0.1) is 49.2 Å². The van der Waals surface area contributed by atoms with Crippen LogP contribution >= 0.6 is 0 Å². The molecule has 10 heteroatoms. The monoisotopic (exact) mass is 911 g/mol. The van der Waals surface area contributed by atoms with Crippen molar-refractivity contribution in [3.63, 3.8) is 0 Å². The molecular formula is C58H70N8O2+2. The summed E-state index contributed by atoms with van der Waals surface area (Å²) in [4.78, 5) is 5.85. The fourth-order valence-corrected chi connectivity index (χ4v) is 10.1. The molecule has 0 saturated carbocycles. The van der Waals surface area contributed by atoms with E-state index in [0.717, 1.165) is 78.0 Å². The average molecular weight is 911 g/mol. The topological polar surface area (TPSA) is 63.6 Å². The van der Waals surface area contributed by atoms with Crippen LogP contribution < -0.4 is 34.2 Å². The van der Waals surface area contributed by atoms with Gasteiger partial charge in [0.25, 0.3) is 0 Å². The lowest BCUT2D eigenvalue weighted by Crippen LogP contribution is -3.11. The molecule has 68 heavy (non-hydrogen) atoms. The highest BCUT2D eigenvalue weighted by atomic mass is 16.5. The first-order valence-electron chi connectivity index (χ1n) is 24.0.